The van der Waals surface area contributed by atoms with Crippen LogP contribution in [0.25, 0.3) is 0 Å². The van der Waals surface area contributed by atoms with E-state index in [9.17, 15) is 9.59 Å². The molecule has 0 bridgehead atoms. The first-order chi connectivity index (χ1) is 10.7. The first kappa shape index (κ1) is 16.5. The number of carbonyl (C=O) groups excluding carboxylic acids is 2. The summed E-state index contributed by atoms with van der Waals surface area (Å²) < 4.78 is 0. The van der Waals surface area contributed by atoms with Crippen LogP contribution in [-0.2, 0) is 9.59 Å². The van der Waals surface area contributed by atoms with Gasteiger partial charge in [0.25, 0.3) is 0 Å². The highest BCUT2D eigenvalue weighted by atomic mass is 16.2. The Hall–Kier alpha value is -1.88. The second-order valence-electron chi connectivity index (χ2n) is 5.51. The predicted molar refractivity (Wildman–Crippen MR) is 87.7 cm³/mol. The number of para-hydroxylation sites is 1. The molecular weight excluding hydrogens is 278 g/mol. The quantitative estimate of drug-likeness (QED) is 0.900. The first-order valence-electron chi connectivity index (χ1n) is 8.04. The zero-order valence-corrected chi connectivity index (χ0v) is 13.4. The molecule has 1 N–H and O–H groups in total. The van der Waals surface area contributed by atoms with Gasteiger partial charge in [-0.15, -0.1) is 0 Å². The molecule has 0 aromatic heterocycles. The SMILES string of the molecule is CC[C@@H]1C(=O)NCCCN1CC(=O)N(CC)c1ccccc1. The van der Waals surface area contributed by atoms with Gasteiger partial charge < -0.3 is 10.2 Å². The highest BCUT2D eigenvalue weighted by Gasteiger charge is 2.29. The van der Waals surface area contributed by atoms with Gasteiger partial charge in [0, 0.05) is 25.3 Å². The van der Waals surface area contributed by atoms with Crippen LogP contribution in [0.1, 0.15) is 26.7 Å². The predicted octanol–water partition coefficient (Wildman–Crippen LogP) is 1.64. The third-order valence-electron chi connectivity index (χ3n) is 4.07. The minimum atomic E-state index is -0.207. The molecule has 1 heterocycles. The maximum atomic E-state index is 12.7. The molecule has 1 fully saturated rings. The van der Waals surface area contributed by atoms with Gasteiger partial charge in [-0.05, 0) is 31.9 Å². The second-order valence-corrected chi connectivity index (χ2v) is 5.51. The van der Waals surface area contributed by atoms with Crippen molar-refractivity contribution in [2.75, 3.05) is 31.1 Å². The van der Waals surface area contributed by atoms with Crippen molar-refractivity contribution in [2.45, 2.75) is 32.7 Å². The lowest BCUT2D eigenvalue weighted by Gasteiger charge is -2.29. The molecule has 0 saturated carbocycles. The van der Waals surface area contributed by atoms with E-state index < -0.39 is 0 Å². The van der Waals surface area contributed by atoms with Crippen LogP contribution >= 0.6 is 0 Å². The third kappa shape index (κ3) is 3.85. The largest absolute Gasteiger partial charge is 0.355 e. The molecule has 5 heteroatoms. The summed E-state index contributed by atoms with van der Waals surface area (Å²) in [5, 5.41) is 2.92. The van der Waals surface area contributed by atoms with Crippen molar-refractivity contribution >= 4 is 17.5 Å². The zero-order chi connectivity index (χ0) is 15.9. The Morgan fingerprint density at radius 2 is 2.05 bits per heavy atom. The molecule has 1 aliphatic heterocycles. The Kier molecular flexibility index (Phi) is 5.95. The third-order valence-corrected chi connectivity index (χ3v) is 4.07. The Morgan fingerprint density at radius 1 is 1.32 bits per heavy atom. The molecule has 0 radical (unpaired) electrons. The number of amides is 2. The summed E-state index contributed by atoms with van der Waals surface area (Å²) in [5.41, 5.74) is 0.905. The fraction of sp³-hybridized carbons (Fsp3) is 0.529. The van der Waals surface area contributed by atoms with Gasteiger partial charge in [0.1, 0.15) is 0 Å². The summed E-state index contributed by atoms with van der Waals surface area (Å²) in [4.78, 5) is 28.5. The summed E-state index contributed by atoms with van der Waals surface area (Å²) in [5.74, 6) is 0.0809. The van der Waals surface area contributed by atoms with E-state index in [1.54, 1.807) is 4.90 Å². The molecule has 1 aromatic carbocycles. The topological polar surface area (TPSA) is 52.7 Å². The number of benzene rings is 1. The highest BCUT2D eigenvalue weighted by molar-refractivity contribution is 5.95. The molecule has 120 valence electrons. The number of likely N-dealkylation sites (N-methyl/N-ethyl adjacent to an activating group) is 1. The first-order valence-corrected chi connectivity index (χ1v) is 8.04. The van der Waals surface area contributed by atoms with Crippen LogP contribution in [0.2, 0.25) is 0 Å². The smallest absolute Gasteiger partial charge is 0.241 e. The number of hydrogen-bond donors (Lipinski definition) is 1. The fourth-order valence-corrected chi connectivity index (χ4v) is 2.94. The Bertz CT molecular complexity index is 504. The fourth-order valence-electron chi connectivity index (χ4n) is 2.94. The van der Waals surface area contributed by atoms with E-state index in [0.717, 1.165) is 25.1 Å². The lowest BCUT2D eigenvalue weighted by molar-refractivity contribution is -0.127. The number of nitrogens with one attached hydrogen (secondary N) is 1. The van der Waals surface area contributed by atoms with E-state index in [-0.39, 0.29) is 24.4 Å². The second kappa shape index (κ2) is 7.94. The molecule has 22 heavy (non-hydrogen) atoms. The van der Waals surface area contributed by atoms with Crippen LogP contribution in [-0.4, -0.2) is 48.9 Å². The van der Waals surface area contributed by atoms with Crippen molar-refractivity contribution in [3.8, 4) is 0 Å². The van der Waals surface area contributed by atoms with Crippen LogP contribution in [0.3, 0.4) is 0 Å². The van der Waals surface area contributed by atoms with E-state index in [4.69, 9.17) is 0 Å². The van der Waals surface area contributed by atoms with Crippen molar-refractivity contribution < 1.29 is 9.59 Å². The van der Waals surface area contributed by atoms with Crippen molar-refractivity contribution in [3.05, 3.63) is 30.3 Å². The van der Waals surface area contributed by atoms with Gasteiger partial charge in [-0.1, -0.05) is 25.1 Å². The molecule has 0 aliphatic carbocycles. The van der Waals surface area contributed by atoms with E-state index in [1.165, 1.54) is 0 Å². The Balaban J connectivity index is 2.09. The molecule has 1 saturated heterocycles. The van der Waals surface area contributed by atoms with Gasteiger partial charge in [0.15, 0.2) is 0 Å². The molecule has 1 atom stereocenters. The highest BCUT2D eigenvalue weighted by Crippen LogP contribution is 2.15. The molecule has 0 unspecified atom stereocenters. The summed E-state index contributed by atoms with van der Waals surface area (Å²) in [7, 11) is 0. The van der Waals surface area contributed by atoms with E-state index in [2.05, 4.69) is 5.32 Å². The van der Waals surface area contributed by atoms with Crippen LogP contribution in [0.15, 0.2) is 30.3 Å². The molecular formula is C17H25N3O2. The minimum absolute atomic E-state index is 0.0376. The summed E-state index contributed by atoms with van der Waals surface area (Å²) in [6.07, 6.45) is 1.60. The number of hydrogen-bond acceptors (Lipinski definition) is 3. The number of carbonyl (C=O) groups is 2. The van der Waals surface area contributed by atoms with Crippen LogP contribution < -0.4 is 10.2 Å². The number of rotatable bonds is 5. The standard InChI is InChI=1S/C17H25N3O2/c1-3-15-17(22)18-11-8-12-19(15)13-16(21)20(4-2)14-9-6-5-7-10-14/h5-7,9-10,15H,3-4,8,11-13H2,1-2H3,(H,18,22)/t15-/m1/s1. The lowest BCUT2D eigenvalue weighted by Crippen LogP contribution is -2.48. The number of nitrogens with zero attached hydrogens (tertiary/aromatic N) is 2. The Labute approximate surface area is 132 Å². The van der Waals surface area contributed by atoms with E-state index in [1.807, 2.05) is 49.1 Å². The molecule has 2 amide bonds. The van der Waals surface area contributed by atoms with E-state index >= 15 is 0 Å². The maximum absolute atomic E-state index is 12.7. The van der Waals surface area contributed by atoms with Gasteiger partial charge in [-0.3, -0.25) is 14.5 Å². The molecule has 5 nitrogen and oxygen atoms in total. The van der Waals surface area contributed by atoms with Crippen molar-refractivity contribution in [1.82, 2.24) is 10.2 Å². The number of anilines is 1. The van der Waals surface area contributed by atoms with Crippen LogP contribution in [0.4, 0.5) is 5.69 Å². The van der Waals surface area contributed by atoms with Gasteiger partial charge in [-0.2, -0.15) is 0 Å². The lowest BCUT2D eigenvalue weighted by atomic mass is 10.1. The Morgan fingerprint density at radius 3 is 2.68 bits per heavy atom. The average Bonchev–Trinajstić information content (AvgIpc) is 2.70. The summed E-state index contributed by atoms with van der Waals surface area (Å²) in [6.45, 7) is 6.33. The monoisotopic (exact) mass is 303 g/mol. The van der Waals surface area contributed by atoms with Gasteiger partial charge in [0.2, 0.25) is 11.8 Å². The van der Waals surface area contributed by atoms with Crippen LogP contribution in [0, 0.1) is 0 Å². The van der Waals surface area contributed by atoms with Crippen LogP contribution in [0.5, 0.6) is 0 Å². The zero-order valence-electron chi connectivity index (χ0n) is 13.4. The van der Waals surface area contributed by atoms with Crippen molar-refractivity contribution in [3.63, 3.8) is 0 Å². The van der Waals surface area contributed by atoms with Gasteiger partial charge in [0.05, 0.1) is 12.6 Å². The van der Waals surface area contributed by atoms with Gasteiger partial charge in [-0.25, -0.2) is 0 Å². The van der Waals surface area contributed by atoms with Gasteiger partial charge >= 0.3 is 0 Å². The molecule has 1 aromatic rings. The van der Waals surface area contributed by atoms with Crippen molar-refractivity contribution in [1.29, 1.82) is 0 Å². The normalized spacial score (nSPS) is 19.4. The molecule has 1 aliphatic rings. The van der Waals surface area contributed by atoms with Crippen molar-refractivity contribution in [2.24, 2.45) is 0 Å². The molecule has 0 spiro atoms. The van der Waals surface area contributed by atoms with E-state index in [0.29, 0.717) is 13.1 Å². The summed E-state index contributed by atoms with van der Waals surface area (Å²) >= 11 is 0. The maximum Gasteiger partial charge on any atom is 0.241 e. The molecule has 2 rings (SSSR count). The summed E-state index contributed by atoms with van der Waals surface area (Å²) in [6, 6.07) is 9.47. The minimum Gasteiger partial charge on any atom is -0.355 e. The average molecular weight is 303 g/mol.